The lowest BCUT2D eigenvalue weighted by molar-refractivity contribution is -0.131. The van der Waals surface area contributed by atoms with Crippen LogP contribution in [0.5, 0.6) is 5.75 Å². The Kier molecular flexibility index (Phi) is 6.03. The molecular weight excluding hydrogens is 406 g/mol. The van der Waals surface area contributed by atoms with Crippen molar-refractivity contribution in [3.63, 3.8) is 0 Å². The Balaban J connectivity index is 1.37. The minimum Gasteiger partial charge on any atom is -0.452 e. The van der Waals surface area contributed by atoms with E-state index in [1.165, 1.54) is 6.92 Å². The molecule has 1 amide bonds. The maximum Gasteiger partial charge on any atom is 0.338 e. The lowest BCUT2D eigenvalue weighted by atomic mass is 10.0. The van der Waals surface area contributed by atoms with Gasteiger partial charge in [0.15, 0.2) is 6.61 Å². The number of nitrogens with zero attached hydrogens (tertiary/aromatic N) is 1. The quantitative estimate of drug-likeness (QED) is 0.444. The first kappa shape index (κ1) is 21.3. The topological polar surface area (TPSA) is 72.9 Å². The van der Waals surface area contributed by atoms with Crippen molar-refractivity contribution >= 4 is 23.5 Å². The van der Waals surface area contributed by atoms with E-state index in [0.717, 1.165) is 28.8 Å². The van der Waals surface area contributed by atoms with Crippen molar-refractivity contribution in [1.82, 2.24) is 0 Å². The van der Waals surface area contributed by atoms with Crippen LogP contribution in [0.3, 0.4) is 0 Å². The first-order valence-electron chi connectivity index (χ1n) is 10.4. The number of anilines is 1. The van der Waals surface area contributed by atoms with E-state index in [1.54, 1.807) is 41.3 Å². The predicted octanol–water partition coefficient (Wildman–Crippen LogP) is 4.41. The van der Waals surface area contributed by atoms with Crippen LogP contribution < -0.4 is 9.64 Å². The highest BCUT2D eigenvalue weighted by Gasteiger charge is 2.31. The Morgan fingerprint density at radius 3 is 2.19 bits per heavy atom. The Morgan fingerprint density at radius 2 is 1.53 bits per heavy atom. The normalized spacial score (nSPS) is 14.6. The summed E-state index contributed by atoms with van der Waals surface area (Å²) in [5.74, 6) is -0.681. The zero-order valence-corrected chi connectivity index (χ0v) is 17.9. The number of carbonyl (C=O) groups is 3. The maximum absolute atomic E-state index is 12.7. The van der Waals surface area contributed by atoms with Gasteiger partial charge in [-0.05, 0) is 60.4 Å². The average molecular weight is 429 g/mol. The van der Waals surface area contributed by atoms with Crippen molar-refractivity contribution in [1.29, 1.82) is 0 Å². The number of hydrogen-bond acceptors (Lipinski definition) is 5. The number of esters is 2. The molecule has 0 unspecified atom stereocenters. The van der Waals surface area contributed by atoms with Crippen LogP contribution in [0.4, 0.5) is 5.69 Å². The number of carbonyl (C=O) groups excluding carboxylic acids is 3. The Bertz CT molecular complexity index is 1150. The molecule has 1 heterocycles. The standard InChI is InChI=1S/C26H23NO5/c1-17-15-22-5-3-4-6-24(22)27(17)25(29)16-31-26(30)21-9-7-19(8-10-21)20-11-13-23(14-12-20)32-18(2)28/h3-14,17H,15-16H2,1-2H3/t17-/m0/s1. The van der Waals surface area contributed by atoms with Gasteiger partial charge >= 0.3 is 11.9 Å². The molecular formula is C26H23NO5. The lowest BCUT2D eigenvalue weighted by Crippen LogP contribution is -2.38. The van der Waals surface area contributed by atoms with Crippen LogP contribution >= 0.6 is 0 Å². The molecule has 32 heavy (non-hydrogen) atoms. The molecule has 0 saturated heterocycles. The van der Waals surface area contributed by atoms with Gasteiger partial charge in [0.05, 0.1) is 5.56 Å². The number of para-hydroxylation sites is 1. The zero-order valence-electron chi connectivity index (χ0n) is 17.9. The summed E-state index contributed by atoms with van der Waals surface area (Å²) in [6.45, 7) is 3.03. The fraction of sp³-hybridized carbons (Fsp3) is 0.192. The molecule has 6 nitrogen and oxygen atoms in total. The van der Waals surface area contributed by atoms with E-state index in [2.05, 4.69) is 0 Å². The first-order valence-corrected chi connectivity index (χ1v) is 10.4. The third kappa shape index (κ3) is 4.54. The van der Waals surface area contributed by atoms with Crippen LogP contribution in [0.2, 0.25) is 0 Å². The van der Waals surface area contributed by atoms with Gasteiger partial charge in [0, 0.05) is 18.7 Å². The molecule has 3 aromatic carbocycles. The van der Waals surface area contributed by atoms with Crippen LogP contribution in [-0.2, 0) is 20.7 Å². The average Bonchev–Trinajstić information content (AvgIpc) is 3.13. The molecule has 0 bridgehead atoms. The molecule has 0 spiro atoms. The summed E-state index contributed by atoms with van der Waals surface area (Å²) in [6, 6.07) is 21.8. The van der Waals surface area contributed by atoms with E-state index < -0.39 is 5.97 Å². The van der Waals surface area contributed by atoms with Crippen LogP contribution in [0.15, 0.2) is 72.8 Å². The van der Waals surface area contributed by atoms with Gasteiger partial charge in [0.2, 0.25) is 0 Å². The summed E-state index contributed by atoms with van der Waals surface area (Å²) >= 11 is 0. The second kappa shape index (κ2) is 9.06. The van der Waals surface area contributed by atoms with Crippen molar-refractivity contribution in [2.24, 2.45) is 0 Å². The van der Waals surface area contributed by atoms with E-state index in [9.17, 15) is 14.4 Å². The molecule has 1 aliphatic rings. The molecule has 6 heteroatoms. The summed E-state index contributed by atoms with van der Waals surface area (Å²) in [4.78, 5) is 37.9. The van der Waals surface area contributed by atoms with Crippen molar-refractivity contribution in [3.8, 4) is 16.9 Å². The number of hydrogen-bond donors (Lipinski definition) is 0. The summed E-state index contributed by atoms with van der Waals surface area (Å²) < 4.78 is 10.3. The molecule has 1 aliphatic heterocycles. The summed E-state index contributed by atoms with van der Waals surface area (Å²) in [7, 11) is 0. The number of benzene rings is 3. The highest BCUT2D eigenvalue weighted by molar-refractivity contribution is 5.99. The summed E-state index contributed by atoms with van der Waals surface area (Å²) in [6.07, 6.45) is 0.791. The van der Waals surface area contributed by atoms with Gasteiger partial charge in [-0.15, -0.1) is 0 Å². The van der Waals surface area contributed by atoms with Crippen LogP contribution in [0.25, 0.3) is 11.1 Å². The SMILES string of the molecule is CC(=O)Oc1ccc(-c2ccc(C(=O)OCC(=O)N3c4ccccc4C[C@@H]3C)cc2)cc1. The molecule has 0 aromatic heterocycles. The molecule has 0 saturated carbocycles. The summed E-state index contributed by atoms with van der Waals surface area (Å²) in [5.41, 5.74) is 4.18. The van der Waals surface area contributed by atoms with Crippen molar-refractivity contribution < 1.29 is 23.9 Å². The van der Waals surface area contributed by atoms with E-state index in [1.807, 2.05) is 43.3 Å². The van der Waals surface area contributed by atoms with Crippen molar-refractivity contribution in [2.45, 2.75) is 26.3 Å². The van der Waals surface area contributed by atoms with E-state index in [-0.39, 0.29) is 24.5 Å². The largest absolute Gasteiger partial charge is 0.452 e. The highest BCUT2D eigenvalue weighted by Crippen LogP contribution is 2.31. The molecule has 1 atom stereocenters. The third-order valence-electron chi connectivity index (χ3n) is 5.37. The monoisotopic (exact) mass is 429 g/mol. The Morgan fingerprint density at radius 1 is 0.906 bits per heavy atom. The highest BCUT2D eigenvalue weighted by atomic mass is 16.5. The predicted molar refractivity (Wildman–Crippen MR) is 121 cm³/mol. The molecule has 162 valence electrons. The smallest absolute Gasteiger partial charge is 0.338 e. The van der Waals surface area contributed by atoms with Crippen LogP contribution in [-0.4, -0.2) is 30.5 Å². The lowest BCUT2D eigenvalue weighted by Gasteiger charge is -2.22. The van der Waals surface area contributed by atoms with E-state index >= 15 is 0 Å². The number of ether oxygens (including phenoxy) is 2. The minimum absolute atomic E-state index is 0.0325. The molecule has 3 aromatic rings. The maximum atomic E-state index is 12.7. The van der Waals surface area contributed by atoms with Crippen molar-refractivity contribution in [2.75, 3.05) is 11.5 Å². The molecule has 4 rings (SSSR count). The van der Waals surface area contributed by atoms with Gasteiger partial charge in [-0.2, -0.15) is 0 Å². The fourth-order valence-corrected chi connectivity index (χ4v) is 3.91. The Hall–Kier alpha value is -3.93. The van der Waals surface area contributed by atoms with E-state index in [4.69, 9.17) is 9.47 Å². The van der Waals surface area contributed by atoms with Gasteiger partial charge in [0.1, 0.15) is 5.75 Å². The van der Waals surface area contributed by atoms with Gasteiger partial charge < -0.3 is 14.4 Å². The van der Waals surface area contributed by atoms with Gasteiger partial charge in [-0.1, -0.05) is 42.5 Å². The fourth-order valence-electron chi connectivity index (χ4n) is 3.91. The molecule has 0 radical (unpaired) electrons. The van der Waals surface area contributed by atoms with Crippen molar-refractivity contribution in [3.05, 3.63) is 83.9 Å². The number of fused-ring (bicyclic) bond motifs is 1. The third-order valence-corrected chi connectivity index (χ3v) is 5.37. The molecule has 0 fully saturated rings. The second-order valence-corrected chi connectivity index (χ2v) is 7.72. The van der Waals surface area contributed by atoms with Gasteiger partial charge in [-0.25, -0.2) is 4.79 Å². The first-order chi connectivity index (χ1) is 15.4. The van der Waals surface area contributed by atoms with Crippen LogP contribution in [0, 0.1) is 0 Å². The second-order valence-electron chi connectivity index (χ2n) is 7.72. The molecule has 0 N–H and O–H groups in total. The van der Waals surface area contributed by atoms with E-state index in [0.29, 0.717) is 11.3 Å². The minimum atomic E-state index is -0.546. The zero-order chi connectivity index (χ0) is 22.7. The number of amides is 1. The van der Waals surface area contributed by atoms with Gasteiger partial charge in [0.25, 0.3) is 5.91 Å². The Labute approximate surface area is 186 Å². The van der Waals surface area contributed by atoms with Crippen LogP contribution in [0.1, 0.15) is 29.8 Å². The molecule has 0 aliphatic carbocycles. The number of rotatable bonds is 5. The summed E-state index contributed by atoms with van der Waals surface area (Å²) in [5, 5.41) is 0. The van der Waals surface area contributed by atoms with Gasteiger partial charge in [-0.3, -0.25) is 9.59 Å².